The van der Waals surface area contributed by atoms with Crippen LogP contribution in [0.3, 0.4) is 0 Å². The third-order valence-corrected chi connectivity index (χ3v) is 5.38. The van der Waals surface area contributed by atoms with E-state index in [1.54, 1.807) is 38.5 Å². The van der Waals surface area contributed by atoms with Crippen molar-refractivity contribution in [3.8, 4) is 11.5 Å². The lowest BCUT2D eigenvalue weighted by atomic mass is 10.1. The maximum absolute atomic E-state index is 12.5. The van der Waals surface area contributed by atoms with Crippen LogP contribution in [0.25, 0.3) is 0 Å². The van der Waals surface area contributed by atoms with Crippen LogP contribution >= 0.6 is 0 Å². The van der Waals surface area contributed by atoms with Crippen molar-refractivity contribution in [1.29, 1.82) is 0 Å². The Bertz CT molecular complexity index is 877. The summed E-state index contributed by atoms with van der Waals surface area (Å²) >= 11 is 0. The normalized spacial score (nSPS) is 13.5. The van der Waals surface area contributed by atoms with Gasteiger partial charge in [0.15, 0.2) is 11.5 Å². The van der Waals surface area contributed by atoms with Crippen LogP contribution in [0, 0.1) is 0 Å². The third kappa shape index (κ3) is 6.46. The van der Waals surface area contributed by atoms with Gasteiger partial charge in [-0.3, -0.25) is 9.59 Å². The number of carbonyl (C=O) groups excluding carboxylic acids is 2. The van der Waals surface area contributed by atoms with Gasteiger partial charge < -0.3 is 25.0 Å². The first-order chi connectivity index (χ1) is 15.1. The van der Waals surface area contributed by atoms with Crippen molar-refractivity contribution in [3.05, 3.63) is 53.6 Å². The molecule has 3 rings (SSSR count). The Balaban J connectivity index is 1.41. The molecule has 2 aromatic rings. The second-order valence-electron chi connectivity index (χ2n) is 7.59. The fraction of sp³-hybridized carbons (Fsp3) is 0.417. The molecule has 0 aliphatic carbocycles. The number of amides is 2. The number of carbonyl (C=O) groups is 2. The van der Waals surface area contributed by atoms with Gasteiger partial charge in [-0.05, 0) is 74.2 Å². The van der Waals surface area contributed by atoms with E-state index in [0.29, 0.717) is 29.3 Å². The Morgan fingerprint density at radius 2 is 1.65 bits per heavy atom. The summed E-state index contributed by atoms with van der Waals surface area (Å²) in [5.41, 5.74) is 2.44. The Morgan fingerprint density at radius 1 is 0.935 bits per heavy atom. The lowest BCUT2D eigenvalue weighted by Crippen LogP contribution is -2.35. The summed E-state index contributed by atoms with van der Waals surface area (Å²) < 4.78 is 10.6. The number of hydrogen-bond acceptors (Lipinski definition) is 5. The average molecular weight is 426 g/mol. The first kappa shape index (κ1) is 22.6. The highest BCUT2D eigenvalue weighted by atomic mass is 16.5. The van der Waals surface area contributed by atoms with Crippen LogP contribution in [0.2, 0.25) is 0 Å². The van der Waals surface area contributed by atoms with Crippen LogP contribution in [0.1, 0.15) is 35.2 Å². The largest absolute Gasteiger partial charge is 0.493 e. The van der Waals surface area contributed by atoms with E-state index in [1.807, 2.05) is 23.1 Å². The van der Waals surface area contributed by atoms with Gasteiger partial charge in [0.05, 0.1) is 20.8 Å². The highest BCUT2D eigenvalue weighted by Crippen LogP contribution is 2.27. The van der Waals surface area contributed by atoms with Crippen molar-refractivity contribution < 1.29 is 19.1 Å². The number of hydrogen-bond donors (Lipinski definition) is 2. The molecular formula is C24H31N3O4. The number of anilines is 1. The Hall–Kier alpha value is -3.06. The van der Waals surface area contributed by atoms with E-state index >= 15 is 0 Å². The van der Waals surface area contributed by atoms with Crippen molar-refractivity contribution in [2.45, 2.75) is 25.7 Å². The molecule has 2 N–H and O–H groups in total. The molecule has 0 saturated carbocycles. The first-order valence-corrected chi connectivity index (χ1v) is 10.7. The zero-order valence-electron chi connectivity index (χ0n) is 18.3. The van der Waals surface area contributed by atoms with E-state index in [0.717, 1.165) is 37.9 Å². The van der Waals surface area contributed by atoms with Crippen LogP contribution in [-0.2, 0) is 11.2 Å². The molecule has 0 bridgehead atoms. The molecule has 1 fully saturated rings. The number of methoxy groups -OCH3 is 2. The summed E-state index contributed by atoms with van der Waals surface area (Å²) in [5.74, 6) is 1.33. The van der Waals surface area contributed by atoms with Gasteiger partial charge in [0.25, 0.3) is 5.91 Å². The topological polar surface area (TPSA) is 79.9 Å². The van der Waals surface area contributed by atoms with Gasteiger partial charge in [0.2, 0.25) is 5.91 Å². The molecule has 1 aliphatic heterocycles. The number of benzene rings is 2. The average Bonchev–Trinajstić information content (AvgIpc) is 2.82. The Kier molecular flexibility index (Phi) is 8.29. The van der Waals surface area contributed by atoms with Crippen LogP contribution < -0.4 is 20.1 Å². The Labute approximate surface area is 183 Å². The number of rotatable bonds is 9. The molecule has 0 aromatic heterocycles. The predicted octanol–water partition coefficient (Wildman–Crippen LogP) is 3.10. The monoisotopic (exact) mass is 425 g/mol. The summed E-state index contributed by atoms with van der Waals surface area (Å²) in [4.78, 5) is 26.6. The molecule has 1 saturated heterocycles. The summed E-state index contributed by atoms with van der Waals surface area (Å²) in [6.07, 6.45) is 4.09. The molecule has 1 aliphatic rings. The smallest absolute Gasteiger partial charge is 0.253 e. The van der Waals surface area contributed by atoms with Crippen molar-refractivity contribution in [2.24, 2.45) is 0 Å². The summed E-state index contributed by atoms with van der Waals surface area (Å²) in [6.45, 7) is 2.52. The van der Waals surface area contributed by atoms with Crippen LogP contribution in [0.5, 0.6) is 11.5 Å². The van der Waals surface area contributed by atoms with Gasteiger partial charge >= 0.3 is 0 Å². The summed E-state index contributed by atoms with van der Waals surface area (Å²) in [5, 5.41) is 6.00. The second kappa shape index (κ2) is 11.4. The number of nitrogens with one attached hydrogen (secondary N) is 2. The summed E-state index contributed by atoms with van der Waals surface area (Å²) in [7, 11) is 3.22. The molecule has 0 atom stereocenters. The molecule has 1 heterocycles. The lowest BCUT2D eigenvalue weighted by molar-refractivity contribution is -0.115. The van der Waals surface area contributed by atoms with E-state index in [4.69, 9.17) is 9.47 Å². The van der Waals surface area contributed by atoms with Gasteiger partial charge in [-0.15, -0.1) is 0 Å². The molecule has 7 nitrogen and oxygen atoms in total. The molecule has 0 spiro atoms. The predicted molar refractivity (Wildman–Crippen MR) is 121 cm³/mol. The highest BCUT2D eigenvalue weighted by molar-refractivity contribution is 5.96. The van der Waals surface area contributed by atoms with Gasteiger partial charge in [-0.2, -0.15) is 0 Å². The van der Waals surface area contributed by atoms with E-state index in [9.17, 15) is 9.59 Å². The molecular weight excluding hydrogens is 394 g/mol. The number of ether oxygens (including phenoxy) is 2. The second-order valence-corrected chi connectivity index (χ2v) is 7.59. The molecule has 7 heteroatoms. The molecule has 166 valence electrons. The maximum Gasteiger partial charge on any atom is 0.253 e. The summed E-state index contributed by atoms with van der Waals surface area (Å²) in [6, 6.07) is 12.9. The molecule has 2 amide bonds. The fourth-order valence-corrected chi connectivity index (χ4v) is 3.65. The van der Waals surface area contributed by atoms with Gasteiger partial charge in [-0.25, -0.2) is 0 Å². The van der Waals surface area contributed by atoms with Gasteiger partial charge in [0, 0.05) is 24.3 Å². The SMILES string of the molecule is COc1ccc(CCNCC(=O)Nc2ccc(C(=O)N3CCCCC3)cc2)cc1OC. The molecule has 0 radical (unpaired) electrons. The van der Waals surface area contributed by atoms with Crippen LogP contribution in [-0.4, -0.2) is 57.1 Å². The zero-order chi connectivity index (χ0) is 22.1. The zero-order valence-corrected chi connectivity index (χ0v) is 18.3. The van der Waals surface area contributed by atoms with Gasteiger partial charge in [0.1, 0.15) is 0 Å². The molecule has 0 unspecified atom stereocenters. The van der Waals surface area contributed by atoms with Crippen molar-refractivity contribution in [3.63, 3.8) is 0 Å². The molecule has 2 aromatic carbocycles. The van der Waals surface area contributed by atoms with Crippen LogP contribution in [0.15, 0.2) is 42.5 Å². The Morgan fingerprint density at radius 3 is 2.32 bits per heavy atom. The van der Waals surface area contributed by atoms with E-state index < -0.39 is 0 Å². The van der Waals surface area contributed by atoms with E-state index in [2.05, 4.69) is 10.6 Å². The van der Waals surface area contributed by atoms with E-state index in [1.165, 1.54) is 6.42 Å². The van der Waals surface area contributed by atoms with Crippen molar-refractivity contribution >= 4 is 17.5 Å². The van der Waals surface area contributed by atoms with E-state index in [-0.39, 0.29) is 18.4 Å². The minimum Gasteiger partial charge on any atom is -0.493 e. The fourth-order valence-electron chi connectivity index (χ4n) is 3.65. The number of likely N-dealkylation sites (tertiary alicyclic amines) is 1. The number of piperidine rings is 1. The first-order valence-electron chi connectivity index (χ1n) is 10.7. The lowest BCUT2D eigenvalue weighted by Gasteiger charge is -2.26. The quantitative estimate of drug-likeness (QED) is 0.604. The maximum atomic E-state index is 12.5. The number of nitrogens with zero attached hydrogens (tertiary/aromatic N) is 1. The molecule has 31 heavy (non-hydrogen) atoms. The minimum atomic E-state index is -0.123. The van der Waals surface area contributed by atoms with Crippen LogP contribution in [0.4, 0.5) is 5.69 Å². The van der Waals surface area contributed by atoms with Crippen molar-refractivity contribution in [1.82, 2.24) is 10.2 Å². The minimum absolute atomic E-state index is 0.0643. The third-order valence-electron chi connectivity index (χ3n) is 5.38. The highest BCUT2D eigenvalue weighted by Gasteiger charge is 2.18. The van der Waals surface area contributed by atoms with Crippen molar-refractivity contribution in [2.75, 3.05) is 45.7 Å². The standard InChI is InChI=1S/C24H31N3O4/c1-30-21-11-6-18(16-22(21)31-2)12-13-25-17-23(28)26-20-9-7-19(8-10-20)24(29)27-14-4-3-5-15-27/h6-11,16,25H,3-5,12-15,17H2,1-2H3,(H,26,28). The van der Waals surface area contributed by atoms with Gasteiger partial charge in [-0.1, -0.05) is 6.07 Å².